The fraction of sp³-hybridized carbons (Fsp3) is 0.0435. The first-order valence-electron chi connectivity index (χ1n) is 9.25. The molecule has 4 heterocycles. The summed E-state index contributed by atoms with van der Waals surface area (Å²) in [5.74, 6) is 0.524. The molecule has 0 bridgehead atoms. The maximum atomic E-state index is 14.5. The maximum Gasteiger partial charge on any atom is 0.160 e. The second kappa shape index (κ2) is 7.04. The molecule has 0 fully saturated rings. The predicted molar refractivity (Wildman–Crippen MR) is 114 cm³/mol. The highest BCUT2D eigenvalue weighted by Gasteiger charge is 2.18. The van der Waals surface area contributed by atoms with Gasteiger partial charge in [0.1, 0.15) is 17.4 Å². The molecule has 0 saturated carbocycles. The lowest BCUT2D eigenvalue weighted by atomic mass is 9.99. The Labute approximate surface area is 171 Å². The monoisotopic (exact) mass is 397 g/mol. The van der Waals surface area contributed by atoms with Gasteiger partial charge in [-0.3, -0.25) is 4.98 Å². The average Bonchev–Trinajstić information content (AvgIpc) is 2.78. The van der Waals surface area contributed by atoms with Crippen molar-refractivity contribution in [3.8, 4) is 28.3 Å². The van der Waals surface area contributed by atoms with Gasteiger partial charge in [-0.05, 0) is 36.4 Å². The van der Waals surface area contributed by atoms with Crippen molar-refractivity contribution in [3.63, 3.8) is 0 Å². The van der Waals surface area contributed by atoms with Gasteiger partial charge in [0.05, 0.1) is 30.1 Å². The first-order valence-corrected chi connectivity index (χ1v) is 9.25. The highest BCUT2D eigenvalue weighted by molar-refractivity contribution is 6.07. The van der Waals surface area contributed by atoms with Crippen LogP contribution in [-0.2, 0) is 0 Å². The molecule has 30 heavy (non-hydrogen) atoms. The summed E-state index contributed by atoms with van der Waals surface area (Å²) < 4.78 is 19.9. The molecule has 2 N–H and O–H groups in total. The summed E-state index contributed by atoms with van der Waals surface area (Å²) in [5.41, 5.74) is 8.94. The minimum absolute atomic E-state index is 0.346. The molecule has 4 aromatic heterocycles. The Bertz CT molecular complexity index is 1420. The molecule has 1 aromatic carbocycles. The van der Waals surface area contributed by atoms with E-state index in [0.717, 1.165) is 16.3 Å². The first kappa shape index (κ1) is 17.9. The van der Waals surface area contributed by atoms with Crippen LogP contribution >= 0.6 is 0 Å². The van der Waals surface area contributed by atoms with E-state index >= 15 is 0 Å². The van der Waals surface area contributed by atoms with Crippen molar-refractivity contribution in [2.75, 3.05) is 12.8 Å². The van der Waals surface area contributed by atoms with Crippen LogP contribution in [0.2, 0.25) is 0 Å². The summed E-state index contributed by atoms with van der Waals surface area (Å²) in [5, 5.41) is 2.25. The Kier molecular flexibility index (Phi) is 4.21. The summed E-state index contributed by atoms with van der Waals surface area (Å²) in [6.45, 7) is 0. The van der Waals surface area contributed by atoms with E-state index in [9.17, 15) is 4.39 Å². The first-order chi connectivity index (χ1) is 14.7. The van der Waals surface area contributed by atoms with Gasteiger partial charge in [-0.25, -0.2) is 19.3 Å². The lowest BCUT2D eigenvalue weighted by molar-refractivity contribution is 0.418. The molecule has 0 aliphatic rings. The Morgan fingerprint density at radius 2 is 1.77 bits per heavy atom. The molecular formula is C23H16FN5O. The van der Waals surface area contributed by atoms with Crippen molar-refractivity contribution < 1.29 is 9.13 Å². The lowest BCUT2D eigenvalue weighted by Crippen LogP contribution is -1.99. The highest BCUT2D eigenvalue weighted by Crippen LogP contribution is 2.38. The van der Waals surface area contributed by atoms with E-state index in [2.05, 4.69) is 19.9 Å². The van der Waals surface area contributed by atoms with Crippen molar-refractivity contribution in [2.45, 2.75) is 0 Å². The number of halogens is 1. The summed E-state index contributed by atoms with van der Waals surface area (Å²) >= 11 is 0. The van der Waals surface area contributed by atoms with Crippen LogP contribution in [0.4, 0.5) is 10.2 Å². The summed E-state index contributed by atoms with van der Waals surface area (Å²) in [6, 6.07) is 13.9. The van der Waals surface area contributed by atoms with Crippen molar-refractivity contribution in [1.82, 2.24) is 19.9 Å². The number of hydrogen-bond donors (Lipinski definition) is 1. The Morgan fingerprint density at radius 3 is 2.60 bits per heavy atom. The molecule has 0 aliphatic heterocycles. The molecule has 5 rings (SSSR count). The number of methoxy groups -OCH3 is 1. The van der Waals surface area contributed by atoms with E-state index in [-0.39, 0.29) is 5.82 Å². The minimum atomic E-state index is -0.354. The highest BCUT2D eigenvalue weighted by atomic mass is 19.1. The molecule has 0 saturated heterocycles. The zero-order valence-corrected chi connectivity index (χ0v) is 16.0. The molecule has 7 heteroatoms. The van der Waals surface area contributed by atoms with Gasteiger partial charge in [-0.2, -0.15) is 0 Å². The van der Waals surface area contributed by atoms with Crippen LogP contribution in [0.15, 0.2) is 67.1 Å². The van der Waals surface area contributed by atoms with Gasteiger partial charge in [-0.15, -0.1) is 0 Å². The van der Waals surface area contributed by atoms with Gasteiger partial charge in [0, 0.05) is 34.3 Å². The standard InChI is InChI=1S/C23H16FN5O/c1-30-19-12-28-21(15-8-10-26-22(25)20(15)19)16-11-18(14-5-2-3-7-17(14)24)29-23-13(16)6-4-9-27-23/h2-12H,1H3,(H2,25,26). The van der Waals surface area contributed by atoms with E-state index in [4.69, 9.17) is 10.5 Å². The number of fused-ring (bicyclic) bond motifs is 2. The number of nitrogen functional groups attached to an aromatic ring is 1. The average molecular weight is 397 g/mol. The molecule has 0 spiro atoms. The fourth-order valence-electron chi connectivity index (χ4n) is 3.62. The molecule has 5 aromatic rings. The number of aromatic nitrogens is 4. The molecule has 6 nitrogen and oxygen atoms in total. The number of benzene rings is 1. The Morgan fingerprint density at radius 1 is 0.900 bits per heavy atom. The van der Waals surface area contributed by atoms with Crippen LogP contribution in [0.3, 0.4) is 0 Å². The zero-order chi connectivity index (χ0) is 20.7. The van der Waals surface area contributed by atoms with Gasteiger partial charge in [0.25, 0.3) is 0 Å². The number of anilines is 1. The fourth-order valence-corrected chi connectivity index (χ4v) is 3.62. The van der Waals surface area contributed by atoms with Crippen LogP contribution < -0.4 is 10.5 Å². The van der Waals surface area contributed by atoms with E-state index < -0.39 is 0 Å². The number of nitrogens with zero attached hydrogens (tertiary/aromatic N) is 4. The molecule has 0 aliphatic carbocycles. The number of hydrogen-bond acceptors (Lipinski definition) is 6. The van der Waals surface area contributed by atoms with Crippen LogP contribution in [0.5, 0.6) is 5.75 Å². The van der Waals surface area contributed by atoms with Gasteiger partial charge < -0.3 is 10.5 Å². The van der Waals surface area contributed by atoms with Gasteiger partial charge >= 0.3 is 0 Å². The molecule has 0 unspecified atom stereocenters. The smallest absolute Gasteiger partial charge is 0.160 e. The van der Waals surface area contributed by atoms with E-state index in [1.54, 1.807) is 43.9 Å². The zero-order valence-electron chi connectivity index (χ0n) is 16.0. The third-order valence-corrected chi connectivity index (χ3v) is 5.00. The van der Waals surface area contributed by atoms with Crippen molar-refractivity contribution in [3.05, 3.63) is 72.9 Å². The van der Waals surface area contributed by atoms with Crippen LogP contribution in [0, 0.1) is 5.82 Å². The minimum Gasteiger partial charge on any atom is -0.494 e. The van der Waals surface area contributed by atoms with Gasteiger partial charge in [-0.1, -0.05) is 12.1 Å². The number of ether oxygens (including phenoxy) is 1. The second-order valence-electron chi connectivity index (χ2n) is 6.70. The van der Waals surface area contributed by atoms with Gasteiger partial charge in [0.2, 0.25) is 0 Å². The third kappa shape index (κ3) is 2.79. The van der Waals surface area contributed by atoms with E-state index in [1.807, 2.05) is 24.3 Å². The van der Waals surface area contributed by atoms with E-state index in [0.29, 0.717) is 39.6 Å². The van der Waals surface area contributed by atoms with Crippen LogP contribution in [0.1, 0.15) is 0 Å². The van der Waals surface area contributed by atoms with Gasteiger partial charge in [0.15, 0.2) is 5.65 Å². The SMILES string of the molecule is COc1cnc(-c2cc(-c3ccccc3F)nc3ncccc23)c2ccnc(N)c12. The Balaban J connectivity index is 1.88. The summed E-state index contributed by atoms with van der Waals surface area (Å²) in [7, 11) is 1.56. The van der Waals surface area contributed by atoms with Crippen molar-refractivity contribution in [2.24, 2.45) is 0 Å². The number of nitrogens with two attached hydrogens (primary N) is 1. The maximum absolute atomic E-state index is 14.5. The molecular weight excluding hydrogens is 381 g/mol. The number of rotatable bonds is 3. The molecule has 0 radical (unpaired) electrons. The Hall–Kier alpha value is -4.13. The molecule has 0 atom stereocenters. The van der Waals surface area contributed by atoms with Crippen molar-refractivity contribution >= 4 is 27.6 Å². The summed E-state index contributed by atoms with van der Waals surface area (Å²) in [4.78, 5) is 17.8. The quantitative estimate of drug-likeness (QED) is 0.477. The largest absolute Gasteiger partial charge is 0.494 e. The summed E-state index contributed by atoms with van der Waals surface area (Å²) in [6.07, 6.45) is 4.90. The second-order valence-corrected chi connectivity index (χ2v) is 6.70. The molecule has 146 valence electrons. The predicted octanol–water partition coefficient (Wildman–Crippen LogP) is 4.64. The van der Waals surface area contributed by atoms with Crippen molar-refractivity contribution in [1.29, 1.82) is 0 Å². The lowest BCUT2D eigenvalue weighted by Gasteiger charge is -2.14. The van der Waals surface area contributed by atoms with Crippen LogP contribution in [-0.4, -0.2) is 27.0 Å². The number of pyridine rings is 4. The topological polar surface area (TPSA) is 86.8 Å². The molecule has 0 amide bonds. The van der Waals surface area contributed by atoms with Crippen LogP contribution in [0.25, 0.3) is 44.3 Å². The van der Waals surface area contributed by atoms with E-state index in [1.165, 1.54) is 6.07 Å². The third-order valence-electron chi connectivity index (χ3n) is 5.00. The normalized spacial score (nSPS) is 11.1.